The van der Waals surface area contributed by atoms with Crippen LogP contribution in [0.1, 0.15) is 50.3 Å². The predicted octanol–water partition coefficient (Wildman–Crippen LogP) is 4.83. The van der Waals surface area contributed by atoms with E-state index in [4.69, 9.17) is 5.73 Å². The molecule has 1 saturated carbocycles. The topological polar surface area (TPSA) is 26.0 Å². The summed E-state index contributed by atoms with van der Waals surface area (Å²) in [6.45, 7) is 6.91. The van der Waals surface area contributed by atoms with Gasteiger partial charge in [0.2, 0.25) is 0 Å². The number of nitrogens with two attached hydrogens (primary N) is 1. The third-order valence-corrected chi connectivity index (χ3v) is 5.23. The van der Waals surface area contributed by atoms with Crippen LogP contribution in [0.3, 0.4) is 0 Å². The van der Waals surface area contributed by atoms with E-state index < -0.39 is 0 Å². The summed E-state index contributed by atoms with van der Waals surface area (Å²) in [5.74, 6) is 2.32. The highest BCUT2D eigenvalue weighted by Crippen LogP contribution is 2.39. The fourth-order valence-electron chi connectivity index (χ4n) is 3.18. The zero-order valence-electron chi connectivity index (χ0n) is 11.6. The Morgan fingerprint density at radius 2 is 1.94 bits per heavy atom. The molecule has 0 radical (unpaired) electrons. The molecule has 0 heterocycles. The van der Waals surface area contributed by atoms with E-state index in [1.807, 2.05) is 0 Å². The highest BCUT2D eigenvalue weighted by molar-refractivity contribution is 9.10. The van der Waals surface area contributed by atoms with Gasteiger partial charge in [-0.15, -0.1) is 0 Å². The Morgan fingerprint density at radius 1 is 1.22 bits per heavy atom. The van der Waals surface area contributed by atoms with Crippen LogP contribution in [0.2, 0.25) is 0 Å². The molecule has 4 atom stereocenters. The number of rotatable bonds is 2. The van der Waals surface area contributed by atoms with E-state index in [-0.39, 0.29) is 6.04 Å². The van der Waals surface area contributed by atoms with Crippen molar-refractivity contribution in [3.05, 3.63) is 33.8 Å². The van der Waals surface area contributed by atoms with Gasteiger partial charge in [0.15, 0.2) is 0 Å². The summed E-state index contributed by atoms with van der Waals surface area (Å²) >= 11 is 3.52. The zero-order valence-corrected chi connectivity index (χ0v) is 13.2. The lowest BCUT2D eigenvalue weighted by Crippen LogP contribution is -2.29. The Balaban J connectivity index is 2.13. The van der Waals surface area contributed by atoms with E-state index in [0.29, 0.717) is 5.92 Å². The van der Waals surface area contributed by atoms with Crippen molar-refractivity contribution >= 4 is 15.9 Å². The molecule has 0 amide bonds. The molecule has 100 valence electrons. The third-order valence-electron chi connectivity index (χ3n) is 4.74. The van der Waals surface area contributed by atoms with E-state index in [9.17, 15) is 0 Å². The highest BCUT2D eigenvalue weighted by Gasteiger charge is 2.29. The summed E-state index contributed by atoms with van der Waals surface area (Å²) in [5.41, 5.74) is 9.15. The fraction of sp³-hybridized carbons (Fsp3) is 0.625. The van der Waals surface area contributed by atoms with Crippen LogP contribution in [0.5, 0.6) is 0 Å². The lowest BCUT2D eigenvalue weighted by Gasteiger charge is -2.35. The maximum Gasteiger partial charge on any atom is 0.0326 e. The molecule has 0 aliphatic heterocycles. The molecule has 0 aromatic heterocycles. The molecule has 1 aliphatic rings. The minimum atomic E-state index is 0.202. The maximum atomic E-state index is 6.51. The smallest absolute Gasteiger partial charge is 0.0326 e. The van der Waals surface area contributed by atoms with Gasteiger partial charge in [0.25, 0.3) is 0 Å². The second-order valence-electron chi connectivity index (χ2n) is 6.05. The molecule has 1 aliphatic carbocycles. The third kappa shape index (κ3) is 2.97. The normalized spacial score (nSPS) is 30.2. The van der Waals surface area contributed by atoms with E-state index in [1.54, 1.807) is 0 Å². The Labute approximate surface area is 119 Å². The van der Waals surface area contributed by atoms with Crippen molar-refractivity contribution < 1.29 is 0 Å². The molecule has 0 bridgehead atoms. The van der Waals surface area contributed by atoms with Gasteiger partial charge >= 0.3 is 0 Å². The molecular weight excluding hydrogens is 286 g/mol. The van der Waals surface area contributed by atoms with Crippen LogP contribution < -0.4 is 5.73 Å². The molecule has 1 aromatic carbocycles. The molecule has 0 saturated heterocycles. The van der Waals surface area contributed by atoms with Crippen LogP contribution in [0.25, 0.3) is 0 Å². The van der Waals surface area contributed by atoms with Crippen molar-refractivity contribution in [2.75, 3.05) is 0 Å². The fourth-order valence-corrected chi connectivity index (χ4v) is 3.66. The summed E-state index contributed by atoms with van der Waals surface area (Å²) in [4.78, 5) is 0. The number of hydrogen-bond acceptors (Lipinski definition) is 1. The van der Waals surface area contributed by atoms with Crippen LogP contribution in [-0.2, 0) is 0 Å². The summed E-state index contributed by atoms with van der Waals surface area (Å²) < 4.78 is 1.14. The van der Waals surface area contributed by atoms with Gasteiger partial charge < -0.3 is 5.73 Å². The van der Waals surface area contributed by atoms with Crippen molar-refractivity contribution in [2.24, 2.45) is 23.5 Å². The molecule has 2 heteroatoms. The Morgan fingerprint density at radius 3 is 2.56 bits per heavy atom. The van der Waals surface area contributed by atoms with Gasteiger partial charge in [0.05, 0.1) is 0 Å². The summed E-state index contributed by atoms with van der Waals surface area (Å²) in [6, 6.07) is 6.67. The van der Waals surface area contributed by atoms with Crippen LogP contribution in [0.15, 0.2) is 22.7 Å². The first-order chi connectivity index (χ1) is 8.49. The first-order valence-corrected chi connectivity index (χ1v) is 7.80. The predicted molar refractivity (Wildman–Crippen MR) is 81.5 cm³/mol. The quantitative estimate of drug-likeness (QED) is 0.832. The molecule has 2 N–H and O–H groups in total. The first-order valence-electron chi connectivity index (χ1n) is 7.00. The molecule has 1 nitrogen and oxygen atoms in total. The van der Waals surface area contributed by atoms with Gasteiger partial charge in [-0.25, -0.2) is 0 Å². The number of aryl methyl sites for hydroxylation is 1. The van der Waals surface area contributed by atoms with E-state index in [0.717, 1.165) is 16.3 Å². The molecule has 4 unspecified atom stereocenters. The van der Waals surface area contributed by atoms with Crippen molar-refractivity contribution in [2.45, 2.75) is 46.1 Å². The summed E-state index contributed by atoms with van der Waals surface area (Å²) in [6.07, 6.45) is 3.88. The van der Waals surface area contributed by atoms with Crippen molar-refractivity contribution in [3.8, 4) is 0 Å². The van der Waals surface area contributed by atoms with Gasteiger partial charge in [0.1, 0.15) is 0 Å². The van der Waals surface area contributed by atoms with Crippen LogP contribution in [0, 0.1) is 24.7 Å². The Kier molecular flexibility index (Phi) is 4.50. The minimum Gasteiger partial charge on any atom is -0.324 e. The first kappa shape index (κ1) is 14.1. The van der Waals surface area contributed by atoms with Gasteiger partial charge in [-0.3, -0.25) is 0 Å². The van der Waals surface area contributed by atoms with Gasteiger partial charge in [-0.2, -0.15) is 0 Å². The van der Waals surface area contributed by atoms with Gasteiger partial charge in [0, 0.05) is 10.5 Å². The van der Waals surface area contributed by atoms with E-state index >= 15 is 0 Å². The standard InChI is InChI=1S/C16H24BrN/c1-10-4-5-13(8-11(10)2)16(18)15-7-6-14(17)9-12(15)3/h6-7,9-11,13,16H,4-5,8,18H2,1-3H3. The SMILES string of the molecule is Cc1cc(Br)ccc1C(N)C1CCC(C)C(C)C1. The second-order valence-corrected chi connectivity index (χ2v) is 6.97. The monoisotopic (exact) mass is 309 g/mol. The molecule has 0 spiro atoms. The largest absolute Gasteiger partial charge is 0.324 e. The lowest BCUT2D eigenvalue weighted by atomic mass is 9.72. The average Bonchev–Trinajstić information content (AvgIpc) is 2.32. The number of halogens is 1. The summed E-state index contributed by atoms with van der Waals surface area (Å²) in [5, 5.41) is 0. The molecule has 18 heavy (non-hydrogen) atoms. The van der Waals surface area contributed by atoms with Crippen LogP contribution >= 0.6 is 15.9 Å². The maximum absolute atomic E-state index is 6.51. The van der Waals surface area contributed by atoms with Crippen molar-refractivity contribution in [3.63, 3.8) is 0 Å². The Hall–Kier alpha value is -0.340. The van der Waals surface area contributed by atoms with E-state index in [2.05, 4.69) is 54.9 Å². The second kappa shape index (κ2) is 5.75. The lowest BCUT2D eigenvalue weighted by molar-refractivity contribution is 0.186. The van der Waals surface area contributed by atoms with Crippen molar-refractivity contribution in [1.82, 2.24) is 0 Å². The highest BCUT2D eigenvalue weighted by atomic mass is 79.9. The zero-order chi connectivity index (χ0) is 13.3. The van der Waals surface area contributed by atoms with Gasteiger partial charge in [-0.1, -0.05) is 42.3 Å². The molecule has 1 aromatic rings. The average molecular weight is 310 g/mol. The van der Waals surface area contributed by atoms with E-state index in [1.165, 1.54) is 30.4 Å². The molecular formula is C16H24BrN. The minimum absolute atomic E-state index is 0.202. The van der Waals surface area contributed by atoms with Gasteiger partial charge in [-0.05, 0) is 60.8 Å². The molecule has 2 rings (SSSR count). The molecule has 1 fully saturated rings. The summed E-state index contributed by atoms with van der Waals surface area (Å²) in [7, 11) is 0. The number of benzene rings is 1. The Bertz CT molecular complexity index is 416. The van der Waals surface area contributed by atoms with Crippen LogP contribution in [0.4, 0.5) is 0 Å². The van der Waals surface area contributed by atoms with Crippen LogP contribution in [-0.4, -0.2) is 0 Å². The van der Waals surface area contributed by atoms with Crippen molar-refractivity contribution in [1.29, 1.82) is 0 Å². The number of hydrogen-bond donors (Lipinski definition) is 1.